The fourth-order valence-corrected chi connectivity index (χ4v) is 2.06. The average molecular weight is 385 g/mol. The van der Waals surface area contributed by atoms with Crippen molar-refractivity contribution in [2.24, 2.45) is 0 Å². The summed E-state index contributed by atoms with van der Waals surface area (Å²) in [4.78, 5) is 23.9. The van der Waals surface area contributed by atoms with Crippen molar-refractivity contribution in [1.29, 1.82) is 0 Å². The van der Waals surface area contributed by atoms with Gasteiger partial charge < -0.3 is 18.9 Å². The number of rotatable bonds is 8. The molecule has 1 aromatic rings. The first kappa shape index (κ1) is 21.5. The van der Waals surface area contributed by atoms with Crippen LogP contribution in [-0.2, 0) is 9.53 Å². The first-order valence-electron chi connectivity index (χ1n) is 7.74. The van der Waals surface area contributed by atoms with Gasteiger partial charge in [-0.15, -0.1) is 0 Å². The second-order valence-corrected chi connectivity index (χ2v) is 5.23. The molecule has 3 N–H and O–H groups in total. The van der Waals surface area contributed by atoms with E-state index in [2.05, 4.69) is 16.2 Å². The second-order valence-electron chi connectivity index (χ2n) is 4.82. The summed E-state index contributed by atoms with van der Waals surface area (Å²) in [5, 5.41) is 2.38. The molecule has 10 heteroatoms. The number of nitrogens with one attached hydrogen (secondary N) is 3. The van der Waals surface area contributed by atoms with Crippen LogP contribution in [0.5, 0.6) is 17.2 Å². The number of carbonyl (C=O) groups is 2. The SMILES string of the molecule is CCOCCC(=O)NNC(=S)NC(=O)c1cc(OC)c(OC)c(OC)c1. The van der Waals surface area contributed by atoms with Gasteiger partial charge in [-0.25, -0.2) is 0 Å². The fourth-order valence-electron chi connectivity index (χ4n) is 1.92. The third kappa shape index (κ3) is 6.37. The Bertz CT molecular complexity index is 628. The van der Waals surface area contributed by atoms with E-state index in [9.17, 15) is 9.59 Å². The normalized spacial score (nSPS) is 9.85. The lowest BCUT2D eigenvalue weighted by atomic mass is 10.1. The molecule has 0 saturated heterocycles. The van der Waals surface area contributed by atoms with Crippen LogP contribution in [0.3, 0.4) is 0 Å². The molecule has 144 valence electrons. The Morgan fingerprint density at radius 3 is 2.15 bits per heavy atom. The predicted molar refractivity (Wildman–Crippen MR) is 98.6 cm³/mol. The molecule has 0 fully saturated rings. The first-order valence-corrected chi connectivity index (χ1v) is 8.15. The quantitative estimate of drug-likeness (QED) is 0.342. The van der Waals surface area contributed by atoms with Gasteiger partial charge in [0.15, 0.2) is 16.6 Å². The largest absolute Gasteiger partial charge is 0.493 e. The van der Waals surface area contributed by atoms with E-state index in [4.69, 9.17) is 31.2 Å². The minimum Gasteiger partial charge on any atom is -0.493 e. The van der Waals surface area contributed by atoms with Gasteiger partial charge in [-0.05, 0) is 31.3 Å². The molecule has 0 radical (unpaired) electrons. The lowest BCUT2D eigenvalue weighted by Gasteiger charge is -2.15. The van der Waals surface area contributed by atoms with E-state index in [1.54, 1.807) is 0 Å². The first-order chi connectivity index (χ1) is 12.5. The van der Waals surface area contributed by atoms with Gasteiger partial charge in [0.25, 0.3) is 5.91 Å². The van der Waals surface area contributed by atoms with Gasteiger partial charge in [-0.3, -0.25) is 25.8 Å². The van der Waals surface area contributed by atoms with E-state index in [1.165, 1.54) is 33.5 Å². The highest BCUT2D eigenvalue weighted by Gasteiger charge is 2.17. The summed E-state index contributed by atoms with van der Waals surface area (Å²) in [5.41, 5.74) is 5.06. The molecule has 2 amide bonds. The number of hydrogen-bond donors (Lipinski definition) is 3. The van der Waals surface area contributed by atoms with Crippen LogP contribution in [-0.4, -0.2) is 51.5 Å². The van der Waals surface area contributed by atoms with E-state index in [1.807, 2.05) is 6.92 Å². The van der Waals surface area contributed by atoms with E-state index in [0.717, 1.165) is 0 Å². The van der Waals surface area contributed by atoms with Crippen molar-refractivity contribution in [3.05, 3.63) is 17.7 Å². The van der Waals surface area contributed by atoms with Gasteiger partial charge in [0.05, 0.1) is 34.4 Å². The van der Waals surface area contributed by atoms with Crippen LogP contribution in [0.4, 0.5) is 0 Å². The van der Waals surface area contributed by atoms with E-state index in [0.29, 0.717) is 30.5 Å². The maximum Gasteiger partial charge on any atom is 0.257 e. The van der Waals surface area contributed by atoms with E-state index in [-0.39, 0.29) is 23.0 Å². The molecule has 0 atom stereocenters. The van der Waals surface area contributed by atoms with Crippen LogP contribution < -0.4 is 30.4 Å². The molecule has 0 heterocycles. The molecule has 1 aromatic carbocycles. The van der Waals surface area contributed by atoms with Crippen molar-refractivity contribution in [3.8, 4) is 17.2 Å². The molecule has 9 nitrogen and oxygen atoms in total. The smallest absolute Gasteiger partial charge is 0.257 e. The maximum atomic E-state index is 12.3. The third-order valence-corrected chi connectivity index (χ3v) is 3.35. The monoisotopic (exact) mass is 385 g/mol. The number of hydrogen-bond acceptors (Lipinski definition) is 7. The van der Waals surface area contributed by atoms with Gasteiger partial charge >= 0.3 is 0 Å². The molecule has 0 aromatic heterocycles. The molecule has 0 aliphatic heterocycles. The van der Waals surface area contributed by atoms with Crippen LogP contribution in [0.1, 0.15) is 23.7 Å². The Hall–Kier alpha value is -2.59. The lowest BCUT2D eigenvalue weighted by Crippen LogP contribution is -2.48. The van der Waals surface area contributed by atoms with Crippen LogP contribution in [0, 0.1) is 0 Å². The van der Waals surface area contributed by atoms with E-state index >= 15 is 0 Å². The summed E-state index contributed by atoms with van der Waals surface area (Å²) in [6, 6.07) is 2.97. The van der Waals surface area contributed by atoms with Gasteiger partial charge in [0.1, 0.15) is 0 Å². The summed E-state index contributed by atoms with van der Waals surface area (Å²) in [5.74, 6) is 0.210. The summed E-state index contributed by atoms with van der Waals surface area (Å²) < 4.78 is 20.7. The van der Waals surface area contributed by atoms with Gasteiger partial charge in [-0.2, -0.15) is 0 Å². The molecular weight excluding hydrogens is 362 g/mol. The molecule has 0 saturated carbocycles. The van der Waals surface area contributed by atoms with Crippen LogP contribution in [0.2, 0.25) is 0 Å². The highest BCUT2D eigenvalue weighted by Crippen LogP contribution is 2.38. The van der Waals surface area contributed by atoms with Crippen molar-refractivity contribution < 1.29 is 28.5 Å². The zero-order chi connectivity index (χ0) is 19.5. The Morgan fingerprint density at radius 1 is 1.04 bits per heavy atom. The van der Waals surface area contributed by atoms with Crippen molar-refractivity contribution >= 4 is 29.1 Å². The van der Waals surface area contributed by atoms with Crippen LogP contribution >= 0.6 is 12.2 Å². The summed E-state index contributed by atoms with van der Waals surface area (Å²) in [7, 11) is 4.36. The minimum atomic E-state index is -0.509. The number of ether oxygens (including phenoxy) is 4. The number of thiocarbonyl (C=S) groups is 1. The van der Waals surface area contributed by atoms with Gasteiger partial charge in [-0.1, -0.05) is 0 Å². The zero-order valence-corrected chi connectivity index (χ0v) is 16.0. The molecule has 0 aliphatic carbocycles. The highest BCUT2D eigenvalue weighted by atomic mass is 32.1. The average Bonchev–Trinajstić information content (AvgIpc) is 2.65. The molecular formula is C16H23N3O6S. The maximum absolute atomic E-state index is 12.3. The number of benzene rings is 1. The summed E-state index contributed by atoms with van der Waals surface area (Å²) in [6.07, 6.45) is 0.171. The second kappa shape index (κ2) is 11.1. The topological polar surface area (TPSA) is 107 Å². The van der Waals surface area contributed by atoms with E-state index < -0.39 is 5.91 Å². The number of amides is 2. The Morgan fingerprint density at radius 2 is 1.65 bits per heavy atom. The standard InChI is InChI=1S/C16H23N3O6S/c1-5-25-7-6-13(20)18-19-16(26)17-15(21)10-8-11(22-2)14(24-4)12(9-10)23-3/h8-9H,5-7H2,1-4H3,(H,18,20)(H2,17,19,21,26). The number of methoxy groups -OCH3 is 3. The highest BCUT2D eigenvalue weighted by molar-refractivity contribution is 7.80. The van der Waals surface area contributed by atoms with Crippen LogP contribution in [0.25, 0.3) is 0 Å². The van der Waals surface area contributed by atoms with Crippen molar-refractivity contribution in [2.75, 3.05) is 34.5 Å². The van der Waals surface area contributed by atoms with Gasteiger partial charge in [0.2, 0.25) is 11.7 Å². The lowest BCUT2D eigenvalue weighted by molar-refractivity contribution is -0.122. The van der Waals surface area contributed by atoms with Crippen LogP contribution in [0.15, 0.2) is 12.1 Å². The summed E-state index contributed by atoms with van der Waals surface area (Å²) in [6.45, 7) is 2.67. The Balaban J connectivity index is 2.67. The van der Waals surface area contributed by atoms with Crippen molar-refractivity contribution in [1.82, 2.24) is 16.2 Å². The fraction of sp³-hybridized carbons (Fsp3) is 0.438. The molecule has 0 bridgehead atoms. The Labute approximate surface area is 157 Å². The zero-order valence-electron chi connectivity index (χ0n) is 15.1. The third-order valence-electron chi connectivity index (χ3n) is 3.15. The minimum absolute atomic E-state index is 0.0616. The van der Waals surface area contributed by atoms with Gasteiger partial charge in [0, 0.05) is 12.2 Å². The summed E-state index contributed by atoms with van der Waals surface area (Å²) >= 11 is 4.98. The predicted octanol–water partition coefficient (Wildman–Crippen LogP) is 0.775. The number of carbonyl (C=O) groups excluding carboxylic acids is 2. The van der Waals surface area contributed by atoms with Crippen molar-refractivity contribution in [3.63, 3.8) is 0 Å². The van der Waals surface area contributed by atoms with Crippen molar-refractivity contribution in [2.45, 2.75) is 13.3 Å². The molecule has 26 heavy (non-hydrogen) atoms. The Kier molecular flexibility index (Phi) is 9.17. The molecule has 0 spiro atoms. The number of hydrazine groups is 1. The molecule has 1 rings (SSSR count). The molecule has 0 aliphatic rings. The molecule has 0 unspecified atom stereocenters.